The molecule has 0 radical (unpaired) electrons. The summed E-state index contributed by atoms with van der Waals surface area (Å²) in [6.45, 7) is 1.36. The molecule has 0 heterocycles. The second kappa shape index (κ2) is 11.5. The molecule has 1 fully saturated rings. The molecule has 1 aliphatic carbocycles. The van der Waals surface area contributed by atoms with Crippen LogP contribution in [0.4, 0.5) is 0 Å². The Morgan fingerprint density at radius 1 is 0.846 bits per heavy atom. The van der Waals surface area contributed by atoms with E-state index in [-0.39, 0.29) is 12.4 Å². The summed E-state index contributed by atoms with van der Waals surface area (Å²) in [4.78, 5) is 0. The Balaban J connectivity index is 0.00000243. The maximum Gasteiger partial charge on any atom is 0.124 e. The third-order valence-electron chi connectivity index (χ3n) is 5.00. The molecule has 1 N–H and O–H groups in total. The first-order valence-corrected chi connectivity index (χ1v) is 9.88. The molecule has 2 aromatic rings. The van der Waals surface area contributed by atoms with Crippen LogP contribution in [0, 0.1) is 0 Å². The predicted molar refractivity (Wildman–Crippen MR) is 112 cm³/mol. The molecule has 2 aromatic carbocycles. The number of halogens is 2. The quantitative estimate of drug-likeness (QED) is 0.600. The normalized spacial score (nSPS) is 15.6. The van der Waals surface area contributed by atoms with Crippen LogP contribution in [0.15, 0.2) is 48.5 Å². The zero-order valence-corrected chi connectivity index (χ0v) is 16.8. The molecule has 3 rings (SSSR count). The van der Waals surface area contributed by atoms with Crippen LogP contribution in [0.2, 0.25) is 5.02 Å². The summed E-state index contributed by atoms with van der Waals surface area (Å²) in [5, 5.41) is 4.51. The van der Waals surface area contributed by atoms with Crippen molar-refractivity contribution in [2.45, 2.75) is 64.1 Å². The fourth-order valence-corrected chi connectivity index (χ4v) is 3.67. The zero-order valence-electron chi connectivity index (χ0n) is 15.3. The lowest BCUT2D eigenvalue weighted by Crippen LogP contribution is -2.29. The SMILES string of the molecule is Cl.Clc1ccccc1COc1ccccc1CNC1CCCCCCC1. The topological polar surface area (TPSA) is 21.3 Å². The smallest absolute Gasteiger partial charge is 0.124 e. The van der Waals surface area contributed by atoms with E-state index >= 15 is 0 Å². The van der Waals surface area contributed by atoms with Gasteiger partial charge in [0.2, 0.25) is 0 Å². The number of para-hydroxylation sites is 1. The van der Waals surface area contributed by atoms with Gasteiger partial charge in [0.15, 0.2) is 0 Å². The minimum absolute atomic E-state index is 0. The summed E-state index contributed by atoms with van der Waals surface area (Å²) in [6, 6.07) is 16.8. The monoisotopic (exact) mass is 393 g/mol. The minimum Gasteiger partial charge on any atom is -0.489 e. The van der Waals surface area contributed by atoms with Crippen LogP contribution < -0.4 is 10.1 Å². The average molecular weight is 394 g/mol. The number of hydrogen-bond donors (Lipinski definition) is 1. The lowest BCUT2D eigenvalue weighted by atomic mass is 9.96. The summed E-state index contributed by atoms with van der Waals surface area (Å²) in [5.41, 5.74) is 2.24. The van der Waals surface area contributed by atoms with Crippen molar-refractivity contribution < 1.29 is 4.74 Å². The molecule has 0 atom stereocenters. The van der Waals surface area contributed by atoms with Gasteiger partial charge in [-0.2, -0.15) is 0 Å². The van der Waals surface area contributed by atoms with Gasteiger partial charge in [-0.3, -0.25) is 0 Å². The Labute approximate surface area is 168 Å². The lowest BCUT2D eigenvalue weighted by molar-refractivity contribution is 0.300. The molecule has 2 nitrogen and oxygen atoms in total. The van der Waals surface area contributed by atoms with Crippen molar-refractivity contribution in [1.29, 1.82) is 0 Å². The average Bonchev–Trinajstić information content (AvgIpc) is 2.61. The molecule has 0 aromatic heterocycles. The van der Waals surface area contributed by atoms with E-state index in [0.29, 0.717) is 12.6 Å². The van der Waals surface area contributed by atoms with Crippen LogP contribution in [-0.2, 0) is 13.2 Å². The van der Waals surface area contributed by atoms with E-state index in [2.05, 4.69) is 17.4 Å². The Morgan fingerprint density at radius 3 is 2.19 bits per heavy atom. The summed E-state index contributed by atoms with van der Waals surface area (Å²) >= 11 is 6.23. The highest BCUT2D eigenvalue weighted by molar-refractivity contribution is 6.31. The van der Waals surface area contributed by atoms with Crippen molar-refractivity contribution >= 4 is 24.0 Å². The van der Waals surface area contributed by atoms with Gasteiger partial charge in [0.25, 0.3) is 0 Å². The van der Waals surface area contributed by atoms with E-state index in [4.69, 9.17) is 16.3 Å². The maximum atomic E-state index is 6.23. The fraction of sp³-hybridized carbons (Fsp3) is 0.455. The van der Waals surface area contributed by atoms with Gasteiger partial charge < -0.3 is 10.1 Å². The van der Waals surface area contributed by atoms with Gasteiger partial charge >= 0.3 is 0 Å². The second-order valence-electron chi connectivity index (χ2n) is 6.91. The number of nitrogens with one attached hydrogen (secondary N) is 1. The van der Waals surface area contributed by atoms with Crippen molar-refractivity contribution in [1.82, 2.24) is 5.32 Å². The van der Waals surface area contributed by atoms with E-state index < -0.39 is 0 Å². The molecular formula is C22H29Cl2NO. The van der Waals surface area contributed by atoms with Crippen LogP contribution in [0.25, 0.3) is 0 Å². The number of rotatable bonds is 6. The molecule has 1 aliphatic rings. The molecule has 142 valence electrons. The van der Waals surface area contributed by atoms with Crippen molar-refractivity contribution in [2.75, 3.05) is 0 Å². The Kier molecular flexibility index (Phi) is 9.31. The van der Waals surface area contributed by atoms with Gasteiger partial charge in [-0.25, -0.2) is 0 Å². The molecular weight excluding hydrogens is 365 g/mol. The Bertz CT molecular complexity index is 654. The first-order chi connectivity index (χ1) is 12.3. The van der Waals surface area contributed by atoms with Gasteiger partial charge in [0, 0.05) is 28.7 Å². The number of benzene rings is 2. The Hall–Kier alpha value is -1.22. The fourth-order valence-electron chi connectivity index (χ4n) is 3.48. The van der Waals surface area contributed by atoms with Crippen LogP contribution in [0.5, 0.6) is 5.75 Å². The molecule has 0 amide bonds. The number of hydrogen-bond acceptors (Lipinski definition) is 2. The molecule has 0 unspecified atom stereocenters. The van der Waals surface area contributed by atoms with Crippen molar-refractivity contribution in [3.63, 3.8) is 0 Å². The van der Waals surface area contributed by atoms with E-state index in [1.807, 2.05) is 36.4 Å². The standard InChI is InChI=1S/C22H28ClNO.ClH/c23-21-14-8-6-11-19(21)17-25-22-15-9-7-10-18(22)16-24-20-12-4-2-1-3-5-13-20;/h6-11,14-15,20,24H,1-5,12-13,16-17H2;1H. The maximum absolute atomic E-state index is 6.23. The lowest BCUT2D eigenvalue weighted by Gasteiger charge is -2.22. The molecule has 0 saturated heterocycles. The van der Waals surface area contributed by atoms with Gasteiger partial charge in [-0.1, -0.05) is 80.1 Å². The van der Waals surface area contributed by atoms with Crippen LogP contribution in [-0.4, -0.2) is 6.04 Å². The van der Waals surface area contributed by atoms with E-state index in [9.17, 15) is 0 Å². The summed E-state index contributed by atoms with van der Waals surface area (Å²) in [5.74, 6) is 0.945. The van der Waals surface area contributed by atoms with Crippen LogP contribution in [0.3, 0.4) is 0 Å². The summed E-state index contributed by atoms with van der Waals surface area (Å²) in [7, 11) is 0. The van der Waals surface area contributed by atoms with E-state index in [1.54, 1.807) is 0 Å². The van der Waals surface area contributed by atoms with E-state index in [0.717, 1.165) is 22.9 Å². The van der Waals surface area contributed by atoms with Crippen LogP contribution >= 0.6 is 24.0 Å². The second-order valence-corrected chi connectivity index (χ2v) is 7.32. The molecule has 0 aliphatic heterocycles. The highest BCUT2D eigenvalue weighted by Gasteiger charge is 2.12. The summed E-state index contributed by atoms with van der Waals surface area (Å²) in [6.07, 6.45) is 9.47. The van der Waals surface area contributed by atoms with Crippen molar-refractivity contribution in [2.24, 2.45) is 0 Å². The predicted octanol–water partition coefficient (Wildman–Crippen LogP) is 6.54. The van der Waals surface area contributed by atoms with Gasteiger partial charge in [-0.15, -0.1) is 12.4 Å². The molecule has 0 spiro atoms. The van der Waals surface area contributed by atoms with Crippen molar-refractivity contribution in [3.8, 4) is 5.75 Å². The minimum atomic E-state index is 0. The Morgan fingerprint density at radius 2 is 1.46 bits per heavy atom. The molecule has 4 heteroatoms. The van der Waals surface area contributed by atoms with Gasteiger partial charge in [0.1, 0.15) is 12.4 Å². The highest BCUT2D eigenvalue weighted by atomic mass is 35.5. The highest BCUT2D eigenvalue weighted by Crippen LogP contribution is 2.23. The third-order valence-corrected chi connectivity index (χ3v) is 5.37. The van der Waals surface area contributed by atoms with E-state index in [1.165, 1.54) is 50.5 Å². The third kappa shape index (κ3) is 6.50. The largest absolute Gasteiger partial charge is 0.489 e. The molecule has 1 saturated carbocycles. The van der Waals surface area contributed by atoms with Crippen LogP contribution in [0.1, 0.15) is 56.1 Å². The summed E-state index contributed by atoms with van der Waals surface area (Å²) < 4.78 is 6.06. The first kappa shape index (κ1) is 21.1. The zero-order chi connectivity index (χ0) is 17.3. The van der Waals surface area contributed by atoms with Gasteiger partial charge in [0.05, 0.1) is 0 Å². The number of ether oxygens (including phenoxy) is 1. The molecule has 26 heavy (non-hydrogen) atoms. The van der Waals surface area contributed by atoms with Crippen molar-refractivity contribution in [3.05, 3.63) is 64.7 Å². The van der Waals surface area contributed by atoms with Gasteiger partial charge in [-0.05, 0) is 25.0 Å². The first-order valence-electron chi connectivity index (χ1n) is 9.50. The molecule has 0 bridgehead atoms.